The highest BCUT2D eigenvalue weighted by Crippen LogP contribution is 2.48. The highest BCUT2D eigenvalue weighted by molar-refractivity contribution is 7.91. The Bertz CT molecular complexity index is 1060. The third-order valence-electron chi connectivity index (χ3n) is 6.67. The molecule has 0 heterocycles. The van der Waals surface area contributed by atoms with E-state index in [4.69, 9.17) is 18.9 Å². The van der Waals surface area contributed by atoms with E-state index in [1.165, 1.54) is 24.3 Å². The van der Waals surface area contributed by atoms with Gasteiger partial charge in [0.15, 0.2) is 23.0 Å². The molecule has 0 fully saturated rings. The second kappa shape index (κ2) is 18.6. The van der Waals surface area contributed by atoms with Crippen LogP contribution in [0.4, 0.5) is 0 Å². The van der Waals surface area contributed by atoms with Crippen LogP contribution >= 0.6 is 0 Å². The zero-order valence-electron chi connectivity index (χ0n) is 25.4. The molecule has 2 aromatic rings. The van der Waals surface area contributed by atoms with Crippen LogP contribution in [0.25, 0.3) is 0 Å². The molecule has 2 rings (SSSR count). The van der Waals surface area contributed by atoms with Gasteiger partial charge in [0.1, 0.15) is 9.79 Å². The van der Waals surface area contributed by atoms with E-state index in [1.54, 1.807) is 0 Å². The van der Waals surface area contributed by atoms with Gasteiger partial charge < -0.3 is 29.2 Å². The molecule has 0 spiro atoms. The molecule has 0 bridgehead atoms. The molecule has 0 amide bonds. The van der Waals surface area contributed by atoms with Crippen molar-refractivity contribution < 1.29 is 37.6 Å². The van der Waals surface area contributed by atoms with Crippen molar-refractivity contribution in [2.75, 3.05) is 26.4 Å². The van der Waals surface area contributed by atoms with Crippen LogP contribution in [0, 0.1) is 0 Å². The van der Waals surface area contributed by atoms with Crippen molar-refractivity contribution in [3.63, 3.8) is 0 Å². The standard InChI is InChI=1S/C32H50O8S/c1-5-9-13-21-37-29-25(33)17-19-27(31(29)39-23-15-11-7-3)41(35,36)28-20-18-26(34)30(38-22-14-10-6-2)32(28)40-24-16-12-8-4/h17-20,33-34H,5-16,21-24H2,1-4H3. The van der Waals surface area contributed by atoms with E-state index in [1.807, 2.05) is 0 Å². The molecule has 0 aliphatic rings. The molecular weight excluding hydrogens is 544 g/mol. The zero-order valence-corrected chi connectivity index (χ0v) is 26.2. The Balaban J connectivity index is 2.62. The molecule has 0 aliphatic carbocycles. The number of phenolic OH excluding ortho intramolecular Hbond substituents is 2. The van der Waals surface area contributed by atoms with Gasteiger partial charge in [0.2, 0.25) is 21.3 Å². The van der Waals surface area contributed by atoms with E-state index in [0.29, 0.717) is 13.2 Å². The summed E-state index contributed by atoms with van der Waals surface area (Å²) in [6, 6.07) is 5.28. The summed E-state index contributed by atoms with van der Waals surface area (Å²) in [6.45, 7) is 9.47. The average molecular weight is 595 g/mol. The van der Waals surface area contributed by atoms with Crippen LogP contribution in [-0.4, -0.2) is 45.1 Å². The Morgan fingerprint density at radius 3 is 1.07 bits per heavy atom. The second-order valence-electron chi connectivity index (χ2n) is 10.2. The first-order valence-corrected chi connectivity index (χ1v) is 16.8. The van der Waals surface area contributed by atoms with Crippen molar-refractivity contribution in [3.8, 4) is 34.5 Å². The molecule has 0 unspecified atom stereocenters. The molecule has 0 saturated heterocycles. The first-order valence-electron chi connectivity index (χ1n) is 15.3. The number of phenols is 2. The molecule has 0 radical (unpaired) electrons. The topological polar surface area (TPSA) is 112 Å². The highest BCUT2D eigenvalue weighted by atomic mass is 32.2. The Morgan fingerprint density at radius 1 is 0.488 bits per heavy atom. The first kappa shape index (κ1) is 34.4. The predicted molar refractivity (Wildman–Crippen MR) is 162 cm³/mol. The van der Waals surface area contributed by atoms with Crippen LogP contribution in [0.1, 0.15) is 105 Å². The zero-order chi connectivity index (χ0) is 30.1. The van der Waals surface area contributed by atoms with Gasteiger partial charge in [0, 0.05) is 0 Å². The van der Waals surface area contributed by atoms with Crippen LogP contribution in [0.5, 0.6) is 34.5 Å². The monoisotopic (exact) mass is 594 g/mol. The molecule has 0 aliphatic heterocycles. The minimum atomic E-state index is -4.27. The van der Waals surface area contributed by atoms with E-state index in [0.717, 1.165) is 77.0 Å². The Kier molecular flexibility index (Phi) is 15.6. The van der Waals surface area contributed by atoms with Gasteiger partial charge in [-0.25, -0.2) is 8.42 Å². The highest BCUT2D eigenvalue weighted by Gasteiger charge is 2.32. The van der Waals surface area contributed by atoms with E-state index < -0.39 is 9.84 Å². The largest absolute Gasteiger partial charge is 0.504 e. The third kappa shape index (κ3) is 10.2. The molecule has 8 nitrogen and oxygen atoms in total. The van der Waals surface area contributed by atoms with Crippen molar-refractivity contribution in [2.45, 2.75) is 115 Å². The summed E-state index contributed by atoms with van der Waals surface area (Å²) in [5.74, 6) is -0.390. The van der Waals surface area contributed by atoms with Gasteiger partial charge in [0.05, 0.1) is 26.4 Å². The van der Waals surface area contributed by atoms with Gasteiger partial charge in [-0.2, -0.15) is 0 Å². The number of sulfone groups is 1. The van der Waals surface area contributed by atoms with Crippen molar-refractivity contribution in [2.24, 2.45) is 0 Å². The first-order chi connectivity index (χ1) is 19.8. The van der Waals surface area contributed by atoms with Gasteiger partial charge in [-0.1, -0.05) is 79.1 Å². The Morgan fingerprint density at radius 2 is 0.780 bits per heavy atom. The molecule has 0 atom stereocenters. The lowest BCUT2D eigenvalue weighted by Gasteiger charge is -2.20. The van der Waals surface area contributed by atoms with Crippen molar-refractivity contribution in [1.29, 1.82) is 0 Å². The Labute approximate surface area is 246 Å². The number of benzene rings is 2. The van der Waals surface area contributed by atoms with Gasteiger partial charge in [-0.3, -0.25) is 0 Å². The molecule has 2 N–H and O–H groups in total. The van der Waals surface area contributed by atoms with E-state index in [9.17, 15) is 18.6 Å². The second-order valence-corrected chi connectivity index (χ2v) is 12.1. The summed E-state index contributed by atoms with van der Waals surface area (Å²) in [4.78, 5) is -0.281. The van der Waals surface area contributed by atoms with Gasteiger partial charge >= 0.3 is 0 Å². The fourth-order valence-corrected chi connectivity index (χ4v) is 5.79. The molecule has 9 heteroatoms. The molecule has 41 heavy (non-hydrogen) atoms. The molecule has 0 saturated carbocycles. The lowest BCUT2D eigenvalue weighted by atomic mass is 10.2. The summed E-state index contributed by atoms with van der Waals surface area (Å²) in [5, 5.41) is 21.4. The van der Waals surface area contributed by atoms with Gasteiger partial charge in [-0.15, -0.1) is 0 Å². The van der Waals surface area contributed by atoms with Crippen molar-refractivity contribution >= 4 is 9.84 Å². The van der Waals surface area contributed by atoms with Gasteiger partial charge in [-0.05, 0) is 49.9 Å². The predicted octanol–water partition coefficient (Wildman–Crippen LogP) is 8.21. The van der Waals surface area contributed by atoms with Crippen molar-refractivity contribution in [3.05, 3.63) is 24.3 Å². The maximum Gasteiger partial charge on any atom is 0.214 e. The van der Waals surface area contributed by atoms with Crippen LogP contribution in [-0.2, 0) is 9.84 Å². The van der Waals surface area contributed by atoms with Crippen molar-refractivity contribution in [1.82, 2.24) is 0 Å². The summed E-state index contributed by atoms with van der Waals surface area (Å²) in [6.07, 6.45) is 10.6. The number of ether oxygens (including phenoxy) is 4. The van der Waals surface area contributed by atoms with Gasteiger partial charge in [0.25, 0.3) is 0 Å². The van der Waals surface area contributed by atoms with E-state index >= 15 is 0 Å². The third-order valence-corrected chi connectivity index (χ3v) is 8.47. The molecule has 0 aromatic heterocycles. The van der Waals surface area contributed by atoms with Crippen LogP contribution in [0.15, 0.2) is 34.1 Å². The summed E-state index contributed by atoms with van der Waals surface area (Å²) >= 11 is 0. The maximum absolute atomic E-state index is 14.3. The molecule has 2 aromatic carbocycles. The quantitative estimate of drug-likeness (QED) is 0.131. The lowest BCUT2D eigenvalue weighted by Crippen LogP contribution is -2.12. The fourth-order valence-electron chi connectivity index (χ4n) is 4.27. The normalized spacial score (nSPS) is 11.4. The summed E-state index contributed by atoms with van der Waals surface area (Å²) in [7, 11) is -4.27. The van der Waals surface area contributed by atoms with Crippen LogP contribution in [0.3, 0.4) is 0 Å². The summed E-state index contributed by atoms with van der Waals surface area (Å²) < 4.78 is 52.5. The Hall–Kier alpha value is -2.81. The fraction of sp³-hybridized carbons (Fsp3) is 0.625. The molecule has 232 valence electrons. The van der Waals surface area contributed by atoms with Crippen LogP contribution < -0.4 is 18.9 Å². The van der Waals surface area contributed by atoms with Crippen LogP contribution in [0.2, 0.25) is 0 Å². The molecular formula is C32H50O8S. The number of hydrogen-bond donors (Lipinski definition) is 2. The maximum atomic E-state index is 14.3. The van der Waals surface area contributed by atoms with E-state index in [-0.39, 0.29) is 57.5 Å². The van der Waals surface area contributed by atoms with E-state index in [2.05, 4.69) is 27.7 Å². The minimum Gasteiger partial charge on any atom is -0.504 e. The number of unbranched alkanes of at least 4 members (excludes halogenated alkanes) is 8. The average Bonchev–Trinajstić information content (AvgIpc) is 2.95. The number of aromatic hydroxyl groups is 2. The summed E-state index contributed by atoms with van der Waals surface area (Å²) in [5.41, 5.74) is 0. The lowest BCUT2D eigenvalue weighted by molar-refractivity contribution is 0.243. The minimum absolute atomic E-state index is 0.0129. The number of rotatable bonds is 22. The smallest absolute Gasteiger partial charge is 0.214 e. The number of hydrogen-bond acceptors (Lipinski definition) is 8. The SMILES string of the molecule is CCCCCOc1c(O)ccc(S(=O)(=O)c2ccc(O)c(OCCCCC)c2OCCCCC)c1OCCCCC.